The van der Waals surface area contributed by atoms with Gasteiger partial charge < -0.3 is 21.1 Å². The predicted octanol–water partition coefficient (Wildman–Crippen LogP) is 4.12. The number of thioether (sulfide) groups is 1. The van der Waals surface area contributed by atoms with Crippen LogP contribution in [0.3, 0.4) is 0 Å². The summed E-state index contributed by atoms with van der Waals surface area (Å²) in [5.74, 6) is 2.67. The number of hydrogen-bond acceptors (Lipinski definition) is 8. The molecule has 0 saturated heterocycles. The molecule has 0 saturated carbocycles. The fourth-order valence-electron chi connectivity index (χ4n) is 2.54. The third kappa shape index (κ3) is 6.50. The van der Waals surface area contributed by atoms with Gasteiger partial charge in [0, 0.05) is 22.9 Å². The van der Waals surface area contributed by atoms with E-state index in [1.807, 2.05) is 24.3 Å². The van der Waals surface area contributed by atoms with Gasteiger partial charge in [0.05, 0.1) is 18.6 Å². The van der Waals surface area contributed by atoms with Crippen molar-refractivity contribution < 1.29 is 9.53 Å². The van der Waals surface area contributed by atoms with Gasteiger partial charge in [0.2, 0.25) is 17.8 Å². The number of anilines is 4. The van der Waals surface area contributed by atoms with E-state index in [0.717, 1.165) is 5.69 Å². The minimum atomic E-state index is -0.0848. The largest absolute Gasteiger partial charge is 0.495 e. The Hall–Kier alpha value is -3.04. The molecule has 1 aromatic heterocycles. The van der Waals surface area contributed by atoms with Crippen LogP contribution in [-0.4, -0.2) is 33.7 Å². The lowest BCUT2D eigenvalue weighted by molar-refractivity contribution is -0.115. The molecule has 0 fully saturated rings. The SMILES string of the molecule is COc1ccccc1Nc1nc(N)nc(CSCCC(=O)Nc2cccc(Cl)c2)n1. The fraction of sp³-hybridized carbons (Fsp3) is 0.200. The van der Waals surface area contributed by atoms with Gasteiger partial charge in [0.15, 0.2) is 0 Å². The number of aromatic nitrogens is 3. The summed E-state index contributed by atoms with van der Waals surface area (Å²) >= 11 is 7.45. The van der Waals surface area contributed by atoms with Crippen molar-refractivity contribution in [1.29, 1.82) is 0 Å². The molecule has 0 aliphatic heterocycles. The molecule has 0 radical (unpaired) electrons. The molecule has 156 valence electrons. The second-order valence-corrected chi connectivity index (χ2v) is 7.66. The average molecular weight is 445 g/mol. The van der Waals surface area contributed by atoms with Crippen molar-refractivity contribution in [2.75, 3.05) is 29.2 Å². The Morgan fingerprint density at radius 1 is 1.17 bits per heavy atom. The summed E-state index contributed by atoms with van der Waals surface area (Å²) in [6, 6.07) is 14.5. The van der Waals surface area contributed by atoms with Crippen LogP contribution < -0.4 is 21.1 Å². The highest BCUT2D eigenvalue weighted by molar-refractivity contribution is 7.98. The molecule has 10 heteroatoms. The molecule has 4 N–H and O–H groups in total. The van der Waals surface area contributed by atoms with Crippen LogP contribution in [0.5, 0.6) is 5.75 Å². The number of nitrogen functional groups attached to an aromatic ring is 1. The Balaban J connectivity index is 1.51. The molecule has 3 aromatic rings. The van der Waals surface area contributed by atoms with Crippen molar-refractivity contribution in [3.05, 3.63) is 59.4 Å². The highest BCUT2D eigenvalue weighted by Gasteiger charge is 2.09. The van der Waals surface area contributed by atoms with Gasteiger partial charge >= 0.3 is 0 Å². The average Bonchev–Trinajstić information content (AvgIpc) is 2.71. The first-order valence-corrected chi connectivity index (χ1v) is 10.6. The molecule has 3 rings (SSSR count). The molecular formula is C20H21ClN6O2S. The van der Waals surface area contributed by atoms with E-state index in [2.05, 4.69) is 25.6 Å². The van der Waals surface area contributed by atoms with Crippen molar-refractivity contribution in [2.45, 2.75) is 12.2 Å². The summed E-state index contributed by atoms with van der Waals surface area (Å²) in [6.07, 6.45) is 0.351. The smallest absolute Gasteiger partial charge is 0.232 e. The molecule has 0 atom stereocenters. The van der Waals surface area contributed by atoms with Gasteiger partial charge in [0.25, 0.3) is 0 Å². The molecule has 0 spiro atoms. The summed E-state index contributed by atoms with van der Waals surface area (Å²) in [6.45, 7) is 0. The lowest BCUT2D eigenvalue weighted by atomic mass is 10.3. The molecule has 1 amide bonds. The fourth-order valence-corrected chi connectivity index (χ4v) is 3.52. The number of nitrogens with zero attached hydrogens (tertiary/aromatic N) is 3. The van der Waals surface area contributed by atoms with Crippen LogP contribution in [0, 0.1) is 0 Å². The van der Waals surface area contributed by atoms with Crippen LogP contribution in [0.25, 0.3) is 0 Å². The van der Waals surface area contributed by atoms with E-state index >= 15 is 0 Å². The summed E-state index contributed by atoms with van der Waals surface area (Å²) in [5, 5.41) is 6.49. The van der Waals surface area contributed by atoms with E-state index in [4.69, 9.17) is 22.1 Å². The van der Waals surface area contributed by atoms with Gasteiger partial charge in [-0.2, -0.15) is 26.7 Å². The Bertz CT molecular complexity index is 1020. The van der Waals surface area contributed by atoms with E-state index in [1.165, 1.54) is 11.8 Å². The van der Waals surface area contributed by atoms with Gasteiger partial charge in [-0.15, -0.1) is 0 Å². The van der Waals surface area contributed by atoms with Gasteiger partial charge in [0.1, 0.15) is 11.6 Å². The number of carbonyl (C=O) groups is 1. The normalized spacial score (nSPS) is 10.5. The topological polar surface area (TPSA) is 115 Å². The second kappa shape index (κ2) is 10.7. The van der Waals surface area contributed by atoms with Gasteiger partial charge in [-0.05, 0) is 30.3 Å². The molecule has 30 heavy (non-hydrogen) atoms. The summed E-state index contributed by atoms with van der Waals surface area (Å²) < 4.78 is 5.31. The number of nitrogens with one attached hydrogen (secondary N) is 2. The summed E-state index contributed by atoms with van der Waals surface area (Å²) in [5.41, 5.74) is 7.22. The molecule has 0 bridgehead atoms. The van der Waals surface area contributed by atoms with E-state index < -0.39 is 0 Å². The first-order chi connectivity index (χ1) is 14.5. The van der Waals surface area contributed by atoms with Crippen LogP contribution >= 0.6 is 23.4 Å². The molecule has 8 nitrogen and oxygen atoms in total. The monoisotopic (exact) mass is 444 g/mol. The van der Waals surface area contributed by atoms with E-state index in [1.54, 1.807) is 31.4 Å². The first kappa shape index (κ1) is 21.7. The van der Waals surface area contributed by atoms with E-state index in [-0.39, 0.29) is 11.9 Å². The Morgan fingerprint density at radius 2 is 2.00 bits per heavy atom. The molecule has 1 heterocycles. The predicted molar refractivity (Wildman–Crippen MR) is 121 cm³/mol. The van der Waals surface area contributed by atoms with E-state index in [0.29, 0.717) is 46.2 Å². The standard InChI is InChI=1S/C20H21ClN6O2S/c1-29-16-8-3-2-7-15(16)24-20-26-17(25-19(22)27-20)12-30-10-9-18(28)23-14-6-4-5-13(21)11-14/h2-8,11H,9-10,12H2,1H3,(H,23,28)(H3,22,24,25,26,27). The van der Waals surface area contributed by atoms with Crippen LogP contribution in [0.1, 0.15) is 12.2 Å². The number of ether oxygens (including phenoxy) is 1. The number of carbonyl (C=O) groups excluding carboxylic acids is 1. The van der Waals surface area contributed by atoms with Crippen LogP contribution in [0.4, 0.5) is 23.3 Å². The van der Waals surface area contributed by atoms with Crippen LogP contribution in [0.15, 0.2) is 48.5 Å². The summed E-state index contributed by atoms with van der Waals surface area (Å²) in [4.78, 5) is 24.7. The highest BCUT2D eigenvalue weighted by atomic mass is 35.5. The van der Waals surface area contributed by atoms with Crippen molar-refractivity contribution >= 4 is 52.5 Å². The van der Waals surface area contributed by atoms with Crippen molar-refractivity contribution in [2.24, 2.45) is 0 Å². The van der Waals surface area contributed by atoms with Crippen molar-refractivity contribution in [3.8, 4) is 5.75 Å². The van der Waals surface area contributed by atoms with Crippen molar-refractivity contribution in [1.82, 2.24) is 15.0 Å². The number of para-hydroxylation sites is 2. The van der Waals surface area contributed by atoms with Gasteiger partial charge in [-0.25, -0.2) is 0 Å². The number of benzene rings is 2. The minimum absolute atomic E-state index is 0.0848. The summed E-state index contributed by atoms with van der Waals surface area (Å²) in [7, 11) is 1.59. The maximum atomic E-state index is 12.1. The zero-order valence-corrected chi connectivity index (χ0v) is 17.8. The Morgan fingerprint density at radius 3 is 2.80 bits per heavy atom. The molecular weight excluding hydrogens is 424 g/mol. The van der Waals surface area contributed by atoms with Crippen molar-refractivity contribution in [3.63, 3.8) is 0 Å². The zero-order chi connectivity index (χ0) is 21.3. The van der Waals surface area contributed by atoms with E-state index in [9.17, 15) is 4.79 Å². The number of nitrogens with two attached hydrogens (primary N) is 1. The zero-order valence-electron chi connectivity index (χ0n) is 16.3. The molecule has 2 aromatic carbocycles. The quantitative estimate of drug-likeness (QED) is 0.422. The molecule has 0 aliphatic carbocycles. The number of amides is 1. The number of methoxy groups -OCH3 is 1. The highest BCUT2D eigenvalue weighted by Crippen LogP contribution is 2.26. The first-order valence-electron chi connectivity index (χ1n) is 9.07. The molecule has 0 unspecified atom stereocenters. The Labute approximate surface area is 183 Å². The van der Waals surface area contributed by atoms with Crippen LogP contribution in [-0.2, 0) is 10.5 Å². The Kier molecular flexibility index (Phi) is 7.69. The number of rotatable bonds is 9. The molecule has 0 aliphatic rings. The number of hydrogen-bond donors (Lipinski definition) is 3. The lowest BCUT2D eigenvalue weighted by Crippen LogP contribution is -2.12. The van der Waals surface area contributed by atoms with Gasteiger partial charge in [-0.3, -0.25) is 4.79 Å². The third-order valence-electron chi connectivity index (χ3n) is 3.87. The minimum Gasteiger partial charge on any atom is -0.495 e. The maximum absolute atomic E-state index is 12.1. The third-order valence-corrected chi connectivity index (χ3v) is 5.06. The van der Waals surface area contributed by atoms with Gasteiger partial charge in [-0.1, -0.05) is 29.8 Å². The number of halogens is 1. The maximum Gasteiger partial charge on any atom is 0.232 e. The second-order valence-electron chi connectivity index (χ2n) is 6.12. The van der Waals surface area contributed by atoms with Crippen LogP contribution in [0.2, 0.25) is 5.02 Å². The lowest BCUT2D eigenvalue weighted by Gasteiger charge is -2.10.